The number of aliphatic carboxylic acids is 1. The summed E-state index contributed by atoms with van der Waals surface area (Å²) in [6, 6.07) is 7.98. The Morgan fingerprint density at radius 1 is 1.12 bits per heavy atom. The number of hydrogen-bond donors (Lipinski definition) is 2. The molecular formula is C26H21Cl2F3N4O5. The predicted octanol–water partition coefficient (Wildman–Crippen LogP) is 5.52. The summed E-state index contributed by atoms with van der Waals surface area (Å²) in [6.07, 6.45) is -2.50. The van der Waals surface area contributed by atoms with E-state index < -0.39 is 30.5 Å². The molecule has 2 aromatic carbocycles. The Bertz CT molecular complexity index is 1540. The van der Waals surface area contributed by atoms with Crippen LogP contribution in [0.5, 0.6) is 5.75 Å². The number of oxazole rings is 1. The van der Waals surface area contributed by atoms with Crippen LogP contribution in [0.1, 0.15) is 11.1 Å². The lowest BCUT2D eigenvalue weighted by atomic mass is 10.1. The fraction of sp³-hybridized carbons (Fsp3) is 0.231. The third kappa shape index (κ3) is 6.57. The second-order valence-corrected chi connectivity index (χ2v) is 9.66. The van der Waals surface area contributed by atoms with E-state index in [1.807, 2.05) is 31.1 Å². The summed E-state index contributed by atoms with van der Waals surface area (Å²) in [5.74, 6) is -3.58. The first-order chi connectivity index (χ1) is 18.8. The van der Waals surface area contributed by atoms with Crippen molar-refractivity contribution >= 4 is 51.9 Å². The third-order valence-electron chi connectivity index (χ3n) is 5.73. The number of hydrogen-bond acceptors (Lipinski definition) is 7. The highest BCUT2D eigenvalue weighted by molar-refractivity contribution is 6.37. The quantitative estimate of drug-likeness (QED) is 0.259. The van der Waals surface area contributed by atoms with Gasteiger partial charge in [-0.2, -0.15) is 13.2 Å². The van der Waals surface area contributed by atoms with E-state index in [9.17, 15) is 27.9 Å². The van der Waals surface area contributed by atoms with Crippen LogP contribution in [0.3, 0.4) is 0 Å². The zero-order valence-electron chi connectivity index (χ0n) is 20.9. The molecule has 9 nitrogen and oxygen atoms in total. The third-order valence-corrected chi connectivity index (χ3v) is 6.29. The zero-order chi connectivity index (χ0) is 29.2. The van der Waals surface area contributed by atoms with Crippen LogP contribution in [0, 0.1) is 0 Å². The van der Waals surface area contributed by atoms with Crippen LogP contribution in [-0.2, 0) is 22.6 Å². The molecule has 0 bridgehead atoms. The maximum absolute atomic E-state index is 12.6. The number of fused-ring (bicyclic) bond motifs is 1. The molecule has 0 aliphatic carbocycles. The number of anilines is 1. The van der Waals surface area contributed by atoms with Crippen molar-refractivity contribution in [3.63, 3.8) is 0 Å². The van der Waals surface area contributed by atoms with Crippen molar-refractivity contribution in [2.24, 2.45) is 0 Å². The number of nitrogens with zero attached hydrogens (tertiary/aromatic N) is 3. The summed E-state index contributed by atoms with van der Waals surface area (Å²) in [5.41, 5.74) is 3.43. The van der Waals surface area contributed by atoms with Gasteiger partial charge in [0, 0.05) is 49.7 Å². The van der Waals surface area contributed by atoms with Crippen molar-refractivity contribution in [1.29, 1.82) is 0 Å². The van der Waals surface area contributed by atoms with E-state index in [0.29, 0.717) is 22.6 Å². The number of nitrogens with one attached hydrogen (secondary N) is 1. The molecule has 40 heavy (non-hydrogen) atoms. The molecule has 210 valence electrons. The normalized spacial score (nSPS) is 12.3. The number of benzene rings is 2. The standard InChI is InChI=1S/C26H21Cl2F3N4O5/c1-35(2)16-10-15(21-19(11-16)33-23(40-21)14-3-5-32-6-4-14)12-39-22-17(27)7-13(8-18(22)28)9-20(24(36)37)34-25(38)26(29,30)31/h3-8,10-11,20H,9,12H2,1-2H3,(H,34,38)(H,36,37)/t20-/m0/s1. The number of pyridine rings is 1. The maximum Gasteiger partial charge on any atom is 0.471 e. The van der Waals surface area contributed by atoms with Crippen molar-refractivity contribution < 1.29 is 37.0 Å². The van der Waals surface area contributed by atoms with Gasteiger partial charge < -0.3 is 24.5 Å². The van der Waals surface area contributed by atoms with Gasteiger partial charge in [-0.05, 0) is 42.0 Å². The molecule has 2 N–H and O–H groups in total. The van der Waals surface area contributed by atoms with Gasteiger partial charge in [0.05, 0.1) is 10.0 Å². The second kappa shape index (κ2) is 11.6. The number of carbonyl (C=O) groups is 2. The van der Waals surface area contributed by atoms with E-state index in [1.165, 1.54) is 17.4 Å². The van der Waals surface area contributed by atoms with Gasteiger partial charge in [-0.3, -0.25) is 9.78 Å². The lowest BCUT2D eigenvalue weighted by Gasteiger charge is -2.17. The predicted molar refractivity (Wildman–Crippen MR) is 142 cm³/mol. The first-order valence-electron chi connectivity index (χ1n) is 11.6. The van der Waals surface area contributed by atoms with E-state index in [2.05, 4.69) is 9.97 Å². The van der Waals surface area contributed by atoms with Crippen molar-refractivity contribution in [1.82, 2.24) is 15.3 Å². The van der Waals surface area contributed by atoms with Crippen LogP contribution in [0.2, 0.25) is 10.0 Å². The molecule has 0 aliphatic rings. The fourth-order valence-electron chi connectivity index (χ4n) is 3.76. The second-order valence-electron chi connectivity index (χ2n) is 8.85. The molecule has 0 aliphatic heterocycles. The molecule has 2 aromatic heterocycles. The van der Waals surface area contributed by atoms with Gasteiger partial charge in [0.15, 0.2) is 11.3 Å². The summed E-state index contributed by atoms with van der Waals surface area (Å²) in [7, 11) is 3.73. The Balaban J connectivity index is 1.59. The van der Waals surface area contributed by atoms with Crippen LogP contribution in [0.25, 0.3) is 22.6 Å². The van der Waals surface area contributed by atoms with Crippen molar-refractivity contribution in [3.8, 4) is 17.2 Å². The van der Waals surface area contributed by atoms with E-state index in [1.54, 1.807) is 24.5 Å². The summed E-state index contributed by atoms with van der Waals surface area (Å²) in [6.45, 7) is -0.0403. The number of halogens is 5. The molecule has 1 atom stereocenters. The Morgan fingerprint density at radius 3 is 2.35 bits per heavy atom. The number of aromatic nitrogens is 2. The van der Waals surface area contributed by atoms with E-state index in [4.69, 9.17) is 32.4 Å². The monoisotopic (exact) mass is 596 g/mol. The van der Waals surface area contributed by atoms with Crippen molar-refractivity contribution in [2.75, 3.05) is 19.0 Å². The zero-order valence-corrected chi connectivity index (χ0v) is 22.4. The van der Waals surface area contributed by atoms with Crippen molar-refractivity contribution in [3.05, 3.63) is 70.0 Å². The van der Waals surface area contributed by atoms with E-state index >= 15 is 0 Å². The van der Waals surface area contributed by atoms with Gasteiger partial charge in [0.2, 0.25) is 5.89 Å². The summed E-state index contributed by atoms with van der Waals surface area (Å²) in [5, 5.41) is 10.7. The number of carboxylic acid groups (broad SMARTS) is 1. The lowest BCUT2D eigenvalue weighted by Crippen LogP contribution is -2.47. The van der Waals surface area contributed by atoms with Crippen LogP contribution in [-0.4, -0.2) is 53.3 Å². The molecule has 14 heteroatoms. The topological polar surface area (TPSA) is 118 Å². The van der Waals surface area contributed by atoms with Crippen LogP contribution in [0.4, 0.5) is 18.9 Å². The van der Waals surface area contributed by atoms with Gasteiger partial charge in [0.25, 0.3) is 0 Å². The first-order valence-corrected chi connectivity index (χ1v) is 12.3. The van der Waals surface area contributed by atoms with Crippen LogP contribution in [0.15, 0.2) is 53.2 Å². The maximum atomic E-state index is 12.6. The molecule has 0 saturated heterocycles. The van der Waals surface area contributed by atoms with Crippen LogP contribution < -0.4 is 15.0 Å². The van der Waals surface area contributed by atoms with E-state index in [-0.39, 0.29) is 28.0 Å². The minimum Gasteiger partial charge on any atom is -0.486 e. The molecule has 0 spiro atoms. The number of carboxylic acids is 1. The summed E-state index contributed by atoms with van der Waals surface area (Å²) in [4.78, 5) is 33.1. The van der Waals surface area contributed by atoms with E-state index in [0.717, 1.165) is 11.3 Å². The Hall–Kier alpha value is -4.03. The van der Waals surface area contributed by atoms with Crippen LogP contribution >= 0.6 is 23.2 Å². The highest BCUT2D eigenvalue weighted by Gasteiger charge is 2.40. The average Bonchev–Trinajstić information content (AvgIpc) is 3.32. The molecule has 2 heterocycles. The van der Waals surface area contributed by atoms with Gasteiger partial charge in [0.1, 0.15) is 18.2 Å². The Labute approximate surface area is 235 Å². The Morgan fingerprint density at radius 2 is 1.77 bits per heavy atom. The molecule has 0 unspecified atom stereocenters. The van der Waals surface area contributed by atoms with Gasteiger partial charge in [-0.15, -0.1) is 0 Å². The molecule has 0 saturated carbocycles. The number of carbonyl (C=O) groups excluding carboxylic acids is 1. The largest absolute Gasteiger partial charge is 0.486 e. The highest BCUT2D eigenvalue weighted by Crippen LogP contribution is 2.37. The molecule has 1 amide bonds. The fourth-order valence-corrected chi connectivity index (χ4v) is 4.40. The SMILES string of the molecule is CN(C)c1cc(COc2c(Cl)cc(C[C@H](NC(=O)C(F)(F)F)C(=O)O)cc2Cl)c2oc(-c3ccncc3)nc2c1. The lowest BCUT2D eigenvalue weighted by molar-refractivity contribution is -0.175. The molecular weight excluding hydrogens is 576 g/mol. The number of alkyl halides is 3. The smallest absolute Gasteiger partial charge is 0.471 e. The molecule has 0 radical (unpaired) electrons. The minimum absolute atomic E-state index is 0.0103. The van der Waals surface area contributed by atoms with Gasteiger partial charge in [-0.1, -0.05) is 23.2 Å². The molecule has 4 rings (SSSR count). The number of ether oxygens (including phenoxy) is 1. The van der Waals surface area contributed by atoms with Gasteiger partial charge >= 0.3 is 18.1 Å². The highest BCUT2D eigenvalue weighted by atomic mass is 35.5. The molecule has 0 fully saturated rings. The number of amides is 1. The molecule has 4 aromatic rings. The average molecular weight is 597 g/mol. The summed E-state index contributed by atoms with van der Waals surface area (Å²) >= 11 is 12.7. The summed E-state index contributed by atoms with van der Waals surface area (Å²) < 4.78 is 49.7. The van der Waals surface area contributed by atoms with Gasteiger partial charge in [-0.25, -0.2) is 9.78 Å². The minimum atomic E-state index is -5.24. The number of rotatable bonds is 9. The van der Waals surface area contributed by atoms with Crippen molar-refractivity contribution in [2.45, 2.75) is 25.2 Å². The Kier molecular flexibility index (Phi) is 8.40. The first kappa shape index (κ1) is 29.0.